The molecule has 0 unspecified atom stereocenters. The van der Waals surface area contributed by atoms with E-state index in [1.807, 2.05) is 18.2 Å². The zero-order valence-electron chi connectivity index (χ0n) is 15.0. The van der Waals surface area contributed by atoms with Crippen molar-refractivity contribution >= 4 is 11.5 Å². The molecule has 1 amide bonds. The van der Waals surface area contributed by atoms with Crippen LogP contribution in [0.1, 0.15) is 46.8 Å². The normalized spacial score (nSPS) is 24.1. The third-order valence-electron chi connectivity index (χ3n) is 5.56. The molecule has 0 spiro atoms. The van der Waals surface area contributed by atoms with Crippen LogP contribution in [0.2, 0.25) is 0 Å². The number of hydrogen-bond acceptors (Lipinski definition) is 4. The molecule has 136 valence electrons. The van der Waals surface area contributed by atoms with Crippen LogP contribution in [0, 0.1) is 11.3 Å². The molecule has 2 aliphatic rings. The standard InChI is InChI=1S/C22H21N3O2/c23-13-19-21(17-10-4-3-9-16(17)15-7-1-2-8-15)20(14-26)25(19)22(27)18-11-5-6-12-24-18/h3-7,9-12,19-21,26H,1-2,8,14H2/t19-,20-,21+/m1/s1. The minimum atomic E-state index is -0.611. The van der Waals surface area contributed by atoms with Gasteiger partial charge in [0.05, 0.1) is 18.7 Å². The van der Waals surface area contributed by atoms with E-state index in [9.17, 15) is 15.2 Å². The van der Waals surface area contributed by atoms with Crippen molar-refractivity contribution in [3.63, 3.8) is 0 Å². The molecule has 5 heteroatoms. The summed E-state index contributed by atoms with van der Waals surface area (Å²) in [6, 6.07) is 14.4. The molecule has 0 saturated carbocycles. The number of amides is 1. The number of rotatable bonds is 4. The summed E-state index contributed by atoms with van der Waals surface area (Å²) in [5, 5.41) is 19.8. The topological polar surface area (TPSA) is 77.2 Å². The van der Waals surface area contributed by atoms with Gasteiger partial charge in [0.1, 0.15) is 11.7 Å². The minimum absolute atomic E-state index is 0.186. The van der Waals surface area contributed by atoms with E-state index in [-0.39, 0.29) is 18.4 Å². The van der Waals surface area contributed by atoms with Gasteiger partial charge in [-0.15, -0.1) is 0 Å². The predicted octanol–water partition coefficient (Wildman–Crippen LogP) is 3.14. The van der Waals surface area contributed by atoms with Crippen LogP contribution in [0.4, 0.5) is 0 Å². The number of carbonyl (C=O) groups is 1. The quantitative estimate of drug-likeness (QED) is 0.910. The molecule has 5 nitrogen and oxygen atoms in total. The van der Waals surface area contributed by atoms with Crippen LogP contribution in [0.5, 0.6) is 0 Å². The van der Waals surface area contributed by atoms with E-state index >= 15 is 0 Å². The lowest BCUT2D eigenvalue weighted by Crippen LogP contribution is -2.65. The van der Waals surface area contributed by atoms with Crippen molar-refractivity contribution in [1.82, 2.24) is 9.88 Å². The average Bonchev–Trinajstić information content (AvgIpc) is 3.23. The van der Waals surface area contributed by atoms with Gasteiger partial charge in [-0.05, 0) is 48.1 Å². The molecule has 27 heavy (non-hydrogen) atoms. The lowest BCUT2D eigenvalue weighted by atomic mass is 9.73. The van der Waals surface area contributed by atoms with E-state index in [1.54, 1.807) is 24.4 Å². The maximum atomic E-state index is 12.9. The molecule has 1 aliphatic heterocycles. The Morgan fingerprint density at radius 1 is 1.26 bits per heavy atom. The first kappa shape index (κ1) is 17.4. The number of benzene rings is 1. The molecular formula is C22H21N3O2. The maximum Gasteiger partial charge on any atom is 0.273 e. The summed E-state index contributed by atoms with van der Waals surface area (Å²) in [5.74, 6) is -0.514. The second kappa shape index (κ2) is 7.34. The van der Waals surface area contributed by atoms with E-state index in [1.165, 1.54) is 10.5 Å². The zero-order valence-corrected chi connectivity index (χ0v) is 15.0. The van der Waals surface area contributed by atoms with Crippen molar-refractivity contribution in [2.75, 3.05) is 6.61 Å². The molecule has 1 aromatic carbocycles. The molecule has 2 aromatic rings. The molecular weight excluding hydrogens is 338 g/mol. The van der Waals surface area contributed by atoms with Gasteiger partial charge < -0.3 is 10.0 Å². The third kappa shape index (κ3) is 2.92. The van der Waals surface area contributed by atoms with Crippen LogP contribution in [-0.2, 0) is 0 Å². The molecule has 2 heterocycles. The Kier molecular flexibility index (Phi) is 4.74. The SMILES string of the molecule is N#C[C@@H]1[C@H](c2ccccc2C2=CCCC2)[C@@H](CO)N1C(=O)c1ccccn1. The average molecular weight is 359 g/mol. The summed E-state index contributed by atoms with van der Waals surface area (Å²) in [4.78, 5) is 18.5. The molecule has 3 atom stereocenters. The monoisotopic (exact) mass is 359 g/mol. The number of likely N-dealkylation sites (tertiary alicyclic amines) is 1. The van der Waals surface area contributed by atoms with Gasteiger partial charge in [-0.3, -0.25) is 9.78 Å². The number of aromatic nitrogens is 1. The van der Waals surface area contributed by atoms with Crippen molar-refractivity contribution in [3.8, 4) is 6.07 Å². The number of nitrogens with zero attached hydrogens (tertiary/aromatic N) is 3. The van der Waals surface area contributed by atoms with Gasteiger partial charge in [-0.25, -0.2) is 0 Å². The summed E-state index contributed by atoms with van der Waals surface area (Å²) < 4.78 is 0. The Hall–Kier alpha value is -2.97. The summed E-state index contributed by atoms with van der Waals surface area (Å²) in [5.41, 5.74) is 3.78. The molecule has 1 saturated heterocycles. The maximum absolute atomic E-state index is 12.9. The van der Waals surface area contributed by atoms with Crippen LogP contribution < -0.4 is 0 Å². The third-order valence-corrected chi connectivity index (χ3v) is 5.56. The van der Waals surface area contributed by atoms with Crippen LogP contribution in [0.15, 0.2) is 54.7 Å². The van der Waals surface area contributed by atoms with E-state index < -0.39 is 12.1 Å². The Labute approximate surface area is 158 Å². The fourth-order valence-electron chi connectivity index (χ4n) is 4.28. The van der Waals surface area contributed by atoms with Crippen LogP contribution >= 0.6 is 0 Å². The Morgan fingerprint density at radius 3 is 2.74 bits per heavy atom. The summed E-state index contributed by atoms with van der Waals surface area (Å²) >= 11 is 0. The molecule has 0 radical (unpaired) electrons. The van der Waals surface area contributed by atoms with Crippen LogP contribution in [0.25, 0.3) is 5.57 Å². The Bertz CT molecular complexity index is 917. The highest BCUT2D eigenvalue weighted by atomic mass is 16.3. The molecule has 1 N–H and O–H groups in total. The molecule has 1 aliphatic carbocycles. The molecule has 0 bridgehead atoms. The number of allylic oxidation sites excluding steroid dienone is 2. The number of pyridine rings is 1. The Balaban J connectivity index is 1.69. The van der Waals surface area contributed by atoms with Crippen molar-refractivity contribution in [2.24, 2.45) is 0 Å². The summed E-state index contributed by atoms with van der Waals surface area (Å²) in [7, 11) is 0. The second-order valence-electron chi connectivity index (χ2n) is 6.99. The van der Waals surface area contributed by atoms with Gasteiger partial charge in [0.25, 0.3) is 5.91 Å². The van der Waals surface area contributed by atoms with Gasteiger partial charge in [-0.1, -0.05) is 36.4 Å². The highest BCUT2D eigenvalue weighted by molar-refractivity contribution is 5.94. The van der Waals surface area contributed by atoms with Gasteiger partial charge in [0, 0.05) is 12.1 Å². The number of carbonyl (C=O) groups excluding carboxylic acids is 1. The van der Waals surface area contributed by atoms with Gasteiger partial charge in [0.2, 0.25) is 0 Å². The Morgan fingerprint density at radius 2 is 2.07 bits per heavy atom. The first-order chi connectivity index (χ1) is 13.3. The lowest BCUT2D eigenvalue weighted by molar-refractivity contribution is -0.00636. The molecule has 1 fully saturated rings. The highest BCUT2D eigenvalue weighted by Crippen LogP contribution is 2.44. The first-order valence-electron chi connectivity index (χ1n) is 9.28. The van der Waals surface area contributed by atoms with Crippen molar-refractivity contribution in [2.45, 2.75) is 37.3 Å². The number of nitriles is 1. The van der Waals surface area contributed by atoms with Gasteiger partial charge in [-0.2, -0.15) is 5.26 Å². The molecule has 4 rings (SSSR count). The first-order valence-corrected chi connectivity index (χ1v) is 9.28. The fraction of sp³-hybridized carbons (Fsp3) is 0.318. The minimum Gasteiger partial charge on any atom is -0.394 e. The van der Waals surface area contributed by atoms with E-state index in [2.05, 4.69) is 23.2 Å². The largest absolute Gasteiger partial charge is 0.394 e. The van der Waals surface area contributed by atoms with Gasteiger partial charge >= 0.3 is 0 Å². The smallest absolute Gasteiger partial charge is 0.273 e. The van der Waals surface area contributed by atoms with Crippen molar-refractivity contribution in [1.29, 1.82) is 5.26 Å². The number of hydrogen-bond donors (Lipinski definition) is 1. The summed E-state index contributed by atoms with van der Waals surface area (Å²) in [6.07, 6.45) is 7.06. The van der Waals surface area contributed by atoms with Crippen molar-refractivity contribution < 1.29 is 9.90 Å². The molecule has 1 aromatic heterocycles. The van der Waals surface area contributed by atoms with Crippen LogP contribution in [0.3, 0.4) is 0 Å². The lowest BCUT2D eigenvalue weighted by Gasteiger charge is -2.51. The zero-order chi connectivity index (χ0) is 18.8. The number of aliphatic hydroxyl groups excluding tert-OH is 1. The second-order valence-corrected chi connectivity index (χ2v) is 6.99. The van der Waals surface area contributed by atoms with Crippen molar-refractivity contribution in [3.05, 3.63) is 71.6 Å². The van der Waals surface area contributed by atoms with Crippen LogP contribution in [-0.4, -0.2) is 39.6 Å². The predicted molar refractivity (Wildman–Crippen MR) is 102 cm³/mol. The van der Waals surface area contributed by atoms with Gasteiger partial charge in [0.15, 0.2) is 0 Å². The fourth-order valence-corrected chi connectivity index (χ4v) is 4.28. The van der Waals surface area contributed by atoms with E-state index in [4.69, 9.17) is 0 Å². The van der Waals surface area contributed by atoms with E-state index in [0.29, 0.717) is 5.69 Å². The highest BCUT2D eigenvalue weighted by Gasteiger charge is 2.52. The number of aliphatic hydroxyl groups is 1. The van der Waals surface area contributed by atoms with E-state index in [0.717, 1.165) is 30.4 Å². The summed E-state index contributed by atoms with van der Waals surface area (Å²) in [6.45, 7) is -0.186.